The fourth-order valence-electron chi connectivity index (χ4n) is 4.97. The molecule has 0 atom stereocenters. The van der Waals surface area contributed by atoms with Gasteiger partial charge < -0.3 is 20.0 Å². The first kappa shape index (κ1) is 26.1. The second-order valence-electron chi connectivity index (χ2n) is 10.00. The number of benzene rings is 2. The second-order valence-corrected chi connectivity index (χ2v) is 10.00. The molecule has 0 aliphatic carbocycles. The summed E-state index contributed by atoms with van der Waals surface area (Å²) in [7, 11) is 1.84. The van der Waals surface area contributed by atoms with Crippen LogP contribution >= 0.6 is 0 Å². The van der Waals surface area contributed by atoms with E-state index in [1.165, 1.54) is 30.3 Å². The van der Waals surface area contributed by atoms with Gasteiger partial charge in [0.2, 0.25) is 0 Å². The number of urea groups is 1. The zero-order valence-corrected chi connectivity index (χ0v) is 21.3. The lowest BCUT2D eigenvalue weighted by Crippen LogP contribution is -2.53. The molecule has 2 aromatic carbocycles. The van der Waals surface area contributed by atoms with Crippen molar-refractivity contribution in [1.82, 2.24) is 14.7 Å². The van der Waals surface area contributed by atoms with Gasteiger partial charge in [0.25, 0.3) is 0 Å². The summed E-state index contributed by atoms with van der Waals surface area (Å²) in [5, 5.41) is 3.23. The minimum atomic E-state index is -4.37. The van der Waals surface area contributed by atoms with Crippen LogP contribution in [0, 0.1) is 13.8 Å². The van der Waals surface area contributed by atoms with Crippen LogP contribution in [0.4, 0.5) is 29.3 Å². The van der Waals surface area contributed by atoms with Gasteiger partial charge in [-0.25, -0.2) is 4.79 Å². The quantitative estimate of drug-likeness (QED) is 0.622. The van der Waals surface area contributed by atoms with Crippen molar-refractivity contribution >= 4 is 17.4 Å². The van der Waals surface area contributed by atoms with Crippen molar-refractivity contribution in [3.05, 3.63) is 59.2 Å². The molecule has 196 valence electrons. The van der Waals surface area contributed by atoms with Gasteiger partial charge in [0, 0.05) is 63.7 Å². The molecule has 0 bridgehead atoms. The number of halogens is 3. The minimum absolute atomic E-state index is 0.00380. The Labute approximate surface area is 211 Å². The van der Waals surface area contributed by atoms with E-state index in [1.54, 1.807) is 11.0 Å². The third kappa shape index (κ3) is 6.43. The van der Waals surface area contributed by atoms with Crippen LogP contribution in [0.2, 0.25) is 0 Å². The molecule has 2 aromatic rings. The highest BCUT2D eigenvalue weighted by molar-refractivity contribution is 5.74. The van der Waals surface area contributed by atoms with Gasteiger partial charge in [-0.1, -0.05) is 23.8 Å². The maximum atomic E-state index is 13.2. The van der Waals surface area contributed by atoms with E-state index in [4.69, 9.17) is 0 Å². The van der Waals surface area contributed by atoms with Crippen LogP contribution in [-0.2, 0) is 6.18 Å². The number of piperazine rings is 1. The Bertz CT molecular complexity index is 1030. The number of nitrogens with zero attached hydrogens (tertiary/aromatic N) is 4. The smallest absolute Gasteiger partial charge is 0.382 e. The molecular weight excluding hydrogens is 467 g/mol. The van der Waals surface area contributed by atoms with Gasteiger partial charge in [0.1, 0.15) is 0 Å². The third-order valence-electron chi connectivity index (χ3n) is 7.19. The number of likely N-dealkylation sites (tertiary alicyclic amines) is 1. The van der Waals surface area contributed by atoms with E-state index < -0.39 is 11.7 Å². The average Bonchev–Trinajstić information content (AvgIpc) is 2.85. The number of amides is 2. The number of anilines is 2. The maximum absolute atomic E-state index is 13.2. The molecule has 0 unspecified atom stereocenters. The van der Waals surface area contributed by atoms with Crippen molar-refractivity contribution < 1.29 is 18.0 Å². The minimum Gasteiger partial charge on any atom is -0.382 e. The molecule has 6 nitrogen and oxygen atoms in total. The van der Waals surface area contributed by atoms with Crippen LogP contribution < -0.4 is 10.2 Å². The normalized spacial score (nSPS) is 17.8. The van der Waals surface area contributed by atoms with Gasteiger partial charge in [-0.2, -0.15) is 13.2 Å². The molecule has 9 heteroatoms. The summed E-state index contributed by atoms with van der Waals surface area (Å²) >= 11 is 0. The maximum Gasteiger partial charge on any atom is 0.416 e. The Morgan fingerprint density at radius 1 is 0.972 bits per heavy atom. The average molecular weight is 504 g/mol. The zero-order valence-electron chi connectivity index (χ0n) is 21.3. The lowest BCUT2D eigenvalue weighted by Gasteiger charge is -2.40. The molecule has 2 amide bonds. The molecule has 2 aliphatic heterocycles. The predicted octanol–water partition coefficient (Wildman–Crippen LogP) is 5.03. The summed E-state index contributed by atoms with van der Waals surface area (Å²) in [4.78, 5) is 21.3. The number of carbonyl (C=O) groups is 1. The van der Waals surface area contributed by atoms with Gasteiger partial charge in [-0.15, -0.1) is 0 Å². The van der Waals surface area contributed by atoms with Gasteiger partial charge in [0.15, 0.2) is 0 Å². The molecule has 0 saturated carbocycles. The standard InChI is InChI=1S/C27H36F3N5O/c1-20-4-8-24(9-5-20)34-16-14-33(15-17-34)19-32(3)26(36)35-12-10-22(11-13-35)31-23-7-6-21(2)25(18-23)27(28,29)30/h4-9,18,22,31H,10-17,19H2,1-3H3. The van der Waals surface area contributed by atoms with Crippen molar-refractivity contribution in [2.45, 2.75) is 38.9 Å². The highest BCUT2D eigenvalue weighted by atomic mass is 19.4. The molecule has 4 rings (SSSR count). The first-order chi connectivity index (χ1) is 17.1. The Kier molecular flexibility index (Phi) is 7.97. The molecular formula is C27H36F3N5O. The molecule has 2 saturated heterocycles. The van der Waals surface area contributed by atoms with Crippen molar-refractivity contribution in [1.29, 1.82) is 0 Å². The summed E-state index contributed by atoms with van der Waals surface area (Å²) in [5.74, 6) is 0. The van der Waals surface area contributed by atoms with E-state index in [0.29, 0.717) is 38.3 Å². The van der Waals surface area contributed by atoms with Crippen LogP contribution in [0.3, 0.4) is 0 Å². The number of hydrogen-bond acceptors (Lipinski definition) is 4. The molecule has 2 aliphatic rings. The highest BCUT2D eigenvalue weighted by Crippen LogP contribution is 2.34. The van der Waals surface area contributed by atoms with E-state index in [0.717, 1.165) is 26.2 Å². The van der Waals surface area contributed by atoms with E-state index >= 15 is 0 Å². The van der Waals surface area contributed by atoms with Crippen molar-refractivity contribution in [3.63, 3.8) is 0 Å². The number of aryl methyl sites for hydroxylation is 2. The summed E-state index contributed by atoms with van der Waals surface area (Å²) in [6, 6.07) is 13.0. The number of piperidine rings is 1. The highest BCUT2D eigenvalue weighted by Gasteiger charge is 2.33. The van der Waals surface area contributed by atoms with Gasteiger partial charge in [0.05, 0.1) is 12.2 Å². The SMILES string of the molecule is Cc1ccc(N2CCN(CN(C)C(=O)N3CCC(Nc4ccc(C)c(C(F)(F)F)c4)CC3)CC2)cc1. The van der Waals surface area contributed by atoms with Crippen LogP contribution in [-0.4, -0.2) is 79.8 Å². The topological polar surface area (TPSA) is 42.1 Å². The largest absolute Gasteiger partial charge is 0.416 e. The lowest BCUT2D eigenvalue weighted by molar-refractivity contribution is -0.138. The molecule has 36 heavy (non-hydrogen) atoms. The van der Waals surface area contributed by atoms with E-state index in [1.807, 2.05) is 11.9 Å². The molecule has 0 radical (unpaired) electrons. The molecule has 0 spiro atoms. The Hall–Kier alpha value is -2.94. The van der Waals surface area contributed by atoms with Crippen LogP contribution in [0.5, 0.6) is 0 Å². The summed E-state index contributed by atoms with van der Waals surface area (Å²) in [5.41, 5.74) is 2.57. The number of alkyl halides is 3. The van der Waals surface area contributed by atoms with Gasteiger partial charge >= 0.3 is 12.2 Å². The monoisotopic (exact) mass is 503 g/mol. The first-order valence-electron chi connectivity index (χ1n) is 12.6. The first-order valence-corrected chi connectivity index (χ1v) is 12.6. The number of rotatable bonds is 5. The van der Waals surface area contributed by atoms with Crippen LogP contribution in [0.1, 0.15) is 29.5 Å². The molecule has 2 heterocycles. The van der Waals surface area contributed by atoms with Gasteiger partial charge in [-0.05, 0) is 56.5 Å². The van der Waals surface area contributed by atoms with Crippen molar-refractivity contribution in [3.8, 4) is 0 Å². The Morgan fingerprint density at radius 2 is 1.61 bits per heavy atom. The molecule has 2 fully saturated rings. The van der Waals surface area contributed by atoms with E-state index in [2.05, 4.69) is 46.3 Å². The predicted molar refractivity (Wildman–Crippen MR) is 137 cm³/mol. The second kappa shape index (κ2) is 11.0. The number of hydrogen-bond donors (Lipinski definition) is 1. The third-order valence-corrected chi connectivity index (χ3v) is 7.19. The number of carbonyl (C=O) groups excluding carboxylic acids is 1. The fraction of sp³-hybridized carbons (Fsp3) is 0.519. The Balaban J connectivity index is 1.22. The summed E-state index contributed by atoms with van der Waals surface area (Å²) in [6.45, 7) is 8.96. The lowest BCUT2D eigenvalue weighted by atomic mass is 10.0. The van der Waals surface area contributed by atoms with Crippen molar-refractivity contribution in [2.75, 3.05) is 63.2 Å². The zero-order chi connectivity index (χ0) is 25.9. The fourth-order valence-corrected chi connectivity index (χ4v) is 4.97. The van der Waals surface area contributed by atoms with Crippen molar-refractivity contribution in [2.24, 2.45) is 0 Å². The van der Waals surface area contributed by atoms with Crippen LogP contribution in [0.15, 0.2) is 42.5 Å². The van der Waals surface area contributed by atoms with E-state index in [-0.39, 0.29) is 17.6 Å². The van der Waals surface area contributed by atoms with Crippen LogP contribution in [0.25, 0.3) is 0 Å². The number of nitrogens with one attached hydrogen (secondary N) is 1. The Morgan fingerprint density at radius 3 is 2.22 bits per heavy atom. The summed E-state index contributed by atoms with van der Waals surface area (Å²) in [6.07, 6.45) is -2.97. The molecule has 0 aromatic heterocycles. The van der Waals surface area contributed by atoms with Gasteiger partial charge in [-0.3, -0.25) is 4.90 Å². The summed E-state index contributed by atoms with van der Waals surface area (Å²) < 4.78 is 39.7. The van der Waals surface area contributed by atoms with E-state index in [9.17, 15) is 18.0 Å². The molecule has 1 N–H and O–H groups in total.